The highest BCUT2D eigenvalue weighted by molar-refractivity contribution is 5.19. The van der Waals surface area contributed by atoms with Crippen molar-refractivity contribution >= 4 is 0 Å². The molecule has 1 aromatic rings. The third-order valence-electron chi connectivity index (χ3n) is 4.45. The zero-order chi connectivity index (χ0) is 13.4. The van der Waals surface area contributed by atoms with Crippen molar-refractivity contribution in [2.75, 3.05) is 19.6 Å². The molecule has 3 rings (SSSR count). The van der Waals surface area contributed by atoms with Crippen LogP contribution < -0.4 is 0 Å². The first-order valence-corrected chi connectivity index (χ1v) is 7.05. The monoisotopic (exact) mass is 266 g/mol. The van der Waals surface area contributed by atoms with Crippen molar-refractivity contribution in [2.24, 2.45) is 0 Å². The van der Waals surface area contributed by atoms with Gasteiger partial charge in [-0.2, -0.15) is 0 Å². The van der Waals surface area contributed by atoms with Crippen molar-refractivity contribution < 1.29 is 8.78 Å². The molecule has 19 heavy (non-hydrogen) atoms. The molecule has 2 atom stereocenters. The van der Waals surface area contributed by atoms with Crippen molar-refractivity contribution in [2.45, 2.75) is 38.4 Å². The second-order valence-electron chi connectivity index (χ2n) is 5.81. The lowest BCUT2D eigenvalue weighted by molar-refractivity contribution is 0.0532. The highest BCUT2D eigenvalue weighted by Crippen LogP contribution is 2.26. The van der Waals surface area contributed by atoms with Gasteiger partial charge in [0.2, 0.25) is 0 Å². The van der Waals surface area contributed by atoms with Gasteiger partial charge in [0.1, 0.15) is 11.6 Å². The fraction of sp³-hybridized carbons (Fsp3) is 0.600. The van der Waals surface area contributed by atoms with Crippen LogP contribution in [0, 0.1) is 11.6 Å². The highest BCUT2D eigenvalue weighted by Gasteiger charge is 2.34. The summed E-state index contributed by atoms with van der Waals surface area (Å²) in [4.78, 5) is 4.81. The Bertz CT molecular complexity index is 463. The quantitative estimate of drug-likeness (QED) is 0.812. The van der Waals surface area contributed by atoms with Gasteiger partial charge in [-0.15, -0.1) is 0 Å². The van der Waals surface area contributed by atoms with E-state index in [0.29, 0.717) is 24.2 Å². The van der Waals surface area contributed by atoms with Crippen LogP contribution in [-0.4, -0.2) is 41.5 Å². The summed E-state index contributed by atoms with van der Waals surface area (Å²) in [6.45, 7) is 5.89. The van der Waals surface area contributed by atoms with E-state index in [1.165, 1.54) is 37.6 Å². The van der Waals surface area contributed by atoms with Gasteiger partial charge >= 0.3 is 0 Å². The van der Waals surface area contributed by atoms with Crippen LogP contribution in [0.25, 0.3) is 0 Å². The normalized spacial score (nSPS) is 28.6. The first kappa shape index (κ1) is 13.0. The molecule has 0 saturated carbocycles. The lowest BCUT2D eigenvalue weighted by Crippen LogP contribution is -2.54. The molecular formula is C15H20F2N2. The van der Waals surface area contributed by atoms with Gasteiger partial charge in [-0.05, 0) is 44.5 Å². The summed E-state index contributed by atoms with van der Waals surface area (Å²) >= 11 is 0. The molecule has 0 bridgehead atoms. The number of rotatable bonds is 2. The SMILES string of the molecule is C[C@H]1CN2CCC[C@H]2CN1Cc1cc(F)ccc1F. The third kappa shape index (κ3) is 2.65. The van der Waals surface area contributed by atoms with E-state index >= 15 is 0 Å². The predicted octanol–water partition coefficient (Wildman–Crippen LogP) is 2.63. The summed E-state index contributed by atoms with van der Waals surface area (Å²) in [6.07, 6.45) is 2.49. The van der Waals surface area contributed by atoms with Gasteiger partial charge in [-0.25, -0.2) is 8.78 Å². The Morgan fingerprint density at radius 1 is 1.26 bits per heavy atom. The van der Waals surface area contributed by atoms with E-state index in [-0.39, 0.29) is 11.6 Å². The second kappa shape index (κ2) is 5.17. The topological polar surface area (TPSA) is 6.48 Å². The van der Waals surface area contributed by atoms with Crippen LogP contribution in [0.2, 0.25) is 0 Å². The molecule has 0 aliphatic carbocycles. The summed E-state index contributed by atoms with van der Waals surface area (Å²) < 4.78 is 26.9. The standard InChI is InChI=1S/C15H20F2N2/c1-11-8-18-6-2-3-14(18)10-19(11)9-12-7-13(16)4-5-15(12)17/h4-5,7,11,14H,2-3,6,8-10H2,1H3/t11-,14-/m0/s1. The minimum Gasteiger partial charge on any atom is -0.298 e. The van der Waals surface area contributed by atoms with E-state index in [9.17, 15) is 8.78 Å². The molecule has 0 radical (unpaired) electrons. The molecule has 1 aromatic carbocycles. The molecule has 0 aromatic heterocycles. The zero-order valence-electron chi connectivity index (χ0n) is 11.3. The number of benzene rings is 1. The molecule has 2 heterocycles. The summed E-state index contributed by atoms with van der Waals surface area (Å²) in [5.41, 5.74) is 0.471. The van der Waals surface area contributed by atoms with Gasteiger partial charge < -0.3 is 0 Å². The van der Waals surface area contributed by atoms with Gasteiger partial charge in [0.15, 0.2) is 0 Å². The molecule has 0 amide bonds. The van der Waals surface area contributed by atoms with Crippen molar-refractivity contribution in [3.63, 3.8) is 0 Å². The van der Waals surface area contributed by atoms with Crippen LogP contribution >= 0.6 is 0 Å². The number of nitrogens with zero attached hydrogens (tertiary/aromatic N) is 2. The smallest absolute Gasteiger partial charge is 0.127 e. The largest absolute Gasteiger partial charge is 0.298 e. The van der Waals surface area contributed by atoms with E-state index in [4.69, 9.17) is 0 Å². The Kier molecular flexibility index (Phi) is 3.54. The van der Waals surface area contributed by atoms with Crippen LogP contribution in [0.3, 0.4) is 0 Å². The number of hydrogen-bond acceptors (Lipinski definition) is 2. The first-order valence-electron chi connectivity index (χ1n) is 7.05. The van der Waals surface area contributed by atoms with Gasteiger partial charge in [0, 0.05) is 37.3 Å². The molecule has 2 aliphatic heterocycles. The highest BCUT2D eigenvalue weighted by atomic mass is 19.1. The van der Waals surface area contributed by atoms with Crippen molar-refractivity contribution in [3.8, 4) is 0 Å². The number of piperazine rings is 1. The van der Waals surface area contributed by atoms with Crippen molar-refractivity contribution in [1.29, 1.82) is 0 Å². The summed E-state index contributed by atoms with van der Waals surface area (Å²) in [5.74, 6) is -0.661. The second-order valence-corrected chi connectivity index (χ2v) is 5.81. The summed E-state index contributed by atoms with van der Waals surface area (Å²) in [7, 11) is 0. The molecular weight excluding hydrogens is 246 g/mol. The molecule has 2 aliphatic rings. The van der Waals surface area contributed by atoms with Gasteiger partial charge in [-0.3, -0.25) is 9.80 Å². The van der Waals surface area contributed by atoms with Crippen LogP contribution in [0.5, 0.6) is 0 Å². The van der Waals surface area contributed by atoms with Gasteiger partial charge in [0.25, 0.3) is 0 Å². The Morgan fingerprint density at radius 2 is 2.11 bits per heavy atom. The Labute approximate surface area is 113 Å². The van der Waals surface area contributed by atoms with E-state index in [1.807, 2.05) is 0 Å². The van der Waals surface area contributed by atoms with Gasteiger partial charge in [0.05, 0.1) is 0 Å². The van der Waals surface area contributed by atoms with Gasteiger partial charge in [-0.1, -0.05) is 0 Å². The van der Waals surface area contributed by atoms with Crippen LogP contribution in [-0.2, 0) is 6.54 Å². The fourth-order valence-corrected chi connectivity index (χ4v) is 3.35. The van der Waals surface area contributed by atoms with E-state index in [2.05, 4.69) is 16.7 Å². The predicted molar refractivity (Wildman–Crippen MR) is 70.8 cm³/mol. The maximum absolute atomic E-state index is 13.7. The molecule has 104 valence electrons. The molecule has 2 saturated heterocycles. The summed E-state index contributed by atoms with van der Waals surface area (Å²) in [5, 5.41) is 0. The Balaban J connectivity index is 1.73. The average molecular weight is 266 g/mol. The van der Waals surface area contributed by atoms with E-state index in [1.54, 1.807) is 0 Å². The van der Waals surface area contributed by atoms with E-state index < -0.39 is 0 Å². The maximum Gasteiger partial charge on any atom is 0.127 e. The molecule has 0 unspecified atom stereocenters. The minimum absolute atomic E-state index is 0.303. The molecule has 0 spiro atoms. The Hall–Kier alpha value is -1.00. The fourth-order valence-electron chi connectivity index (χ4n) is 3.35. The molecule has 4 heteroatoms. The average Bonchev–Trinajstić information content (AvgIpc) is 2.81. The van der Waals surface area contributed by atoms with Crippen molar-refractivity contribution in [3.05, 3.63) is 35.4 Å². The molecule has 2 nitrogen and oxygen atoms in total. The van der Waals surface area contributed by atoms with Crippen LogP contribution in [0.4, 0.5) is 8.78 Å². The van der Waals surface area contributed by atoms with Crippen LogP contribution in [0.1, 0.15) is 25.3 Å². The zero-order valence-corrected chi connectivity index (χ0v) is 11.3. The lowest BCUT2D eigenvalue weighted by Gasteiger charge is -2.42. The molecule has 0 N–H and O–H groups in total. The maximum atomic E-state index is 13.7. The van der Waals surface area contributed by atoms with Crippen molar-refractivity contribution in [1.82, 2.24) is 9.80 Å². The first-order chi connectivity index (χ1) is 9.13. The Morgan fingerprint density at radius 3 is 2.95 bits per heavy atom. The lowest BCUT2D eigenvalue weighted by atomic mass is 10.1. The number of hydrogen-bond donors (Lipinski definition) is 0. The number of fused-ring (bicyclic) bond motifs is 1. The van der Waals surface area contributed by atoms with Crippen LogP contribution in [0.15, 0.2) is 18.2 Å². The van der Waals surface area contributed by atoms with E-state index in [0.717, 1.165) is 13.1 Å². The minimum atomic E-state index is -0.358. The summed E-state index contributed by atoms with van der Waals surface area (Å²) in [6, 6.07) is 4.73. The third-order valence-corrected chi connectivity index (χ3v) is 4.45. The number of halogens is 2. The molecule has 2 fully saturated rings.